The molecule has 0 fully saturated rings. The molecular weight excluding hydrogens is 236 g/mol. The van der Waals surface area contributed by atoms with Crippen molar-refractivity contribution in [2.45, 2.75) is 6.92 Å². The lowest BCUT2D eigenvalue weighted by Crippen LogP contribution is -2.18. The molecule has 0 saturated carbocycles. The summed E-state index contributed by atoms with van der Waals surface area (Å²) >= 11 is 0. The highest BCUT2D eigenvalue weighted by Gasteiger charge is 2.08. The average Bonchev–Trinajstić information content (AvgIpc) is 2.43. The fourth-order valence-corrected chi connectivity index (χ4v) is 1.33. The summed E-state index contributed by atoms with van der Waals surface area (Å²) in [5, 5.41) is 3.90. The third kappa shape index (κ3) is 3.38. The molecule has 0 spiro atoms. The average molecular weight is 252 g/mol. The van der Waals surface area contributed by atoms with Crippen LogP contribution in [0.15, 0.2) is 23.3 Å². The number of carbonyl (C=O) groups excluding carboxylic acids is 1. The Labute approximate surface area is 106 Å². The molecule has 1 aromatic carbocycles. The van der Waals surface area contributed by atoms with Gasteiger partial charge in [-0.05, 0) is 19.1 Å². The van der Waals surface area contributed by atoms with E-state index in [9.17, 15) is 4.79 Å². The number of benzene rings is 1. The highest BCUT2D eigenvalue weighted by atomic mass is 16.5. The summed E-state index contributed by atoms with van der Waals surface area (Å²) < 4.78 is 14.8. The third-order valence-corrected chi connectivity index (χ3v) is 2.30. The molecule has 1 amide bonds. The van der Waals surface area contributed by atoms with Gasteiger partial charge in [0.15, 0.2) is 0 Å². The number of ether oxygens (including phenoxy) is 3. The molecule has 6 nitrogen and oxygen atoms in total. The molecule has 1 rings (SSSR count). The van der Waals surface area contributed by atoms with Crippen LogP contribution in [0, 0.1) is 0 Å². The van der Waals surface area contributed by atoms with Crippen molar-refractivity contribution in [3.63, 3.8) is 0 Å². The second-order valence-corrected chi connectivity index (χ2v) is 3.37. The van der Waals surface area contributed by atoms with Gasteiger partial charge in [-0.15, -0.1) is 0 Å². The Morgan fingerprint density at radius 2 is 1.94 bits per heavy atom. The number of nitrogens with one attached hydrogen (secondary N) is 1. The minimum absolute atomic E-state index is 0.597. The summed E-state index contributed by atoms with van der Waals surface area (Å²) in [5.41, 5.74) is 3.61. The molecule has 0 bridgehead atoms. The number of carbonyl (C=O) groups is 1. The molecule has 98 valence electrons. The number of methoxy groups -OCH3 is 3. The lowest BCUT2D eigenvalue weighted by molar-refractivity contribution is 0.171. The quantitative estimate of drug-likeness (QED) is 0.655. The van der Waals surface area contributed by atoms with Gasteiger partial charge in [-0.3, -0.25) is 0 Å². The fourth-order valence-electron chi connectivity index (χ4n) is 1.33. The van der Waals surface area contributed by atoms with E-state index in [-0.39, 0.29) is 0 Å². The van der Waals surface area contributed by atoms with Gasteiger partial charge >= 0.3 is 6.09 Å². The zero-order valence-electron chi connectivity index (χ0n) is 10.8. The van der Waals surface area contributed by atoms with Gasteiger partial charge in [0.25, 0.3) is 0 Å². The largest absolute Gasteiger partial charge is 0.497 e. The van der Waals surface area contributed by atoms with Crippen LogP contribution >= 0.6 is 0 Å². The molecule has 6 heteroatoms. The first kappa shape index (κ1) is 13.8. The Morgan fingerprint density at radius 3 is 2.50 bits per heavy atom. The van der Waals surface area contributed by atoms with Crippen molar-refractivity contribution in [1.29, 1.82) is 0 Å². The van der Waals surface area contributed by atoms with Gasteiger partial charge in [0, 0.05) is 11.6 Å². The van der Waals surface area contributed by atoms with Gasteiger partial charge in [-0.2, -0.15) is 5.10 Å². The summed E-state index contributed by atoms with van der Waals surface area (Å²) in [6.07, 6.45) is -0.623. The Morgan fingerprint density at radius 1 is 1.22 bits per heavy atom. The second kappa shape index (κ2) is 6.48. The van der Waals surface area contributed by atoms with E-state index >= 15 is 0 Å². The maximum Gasteiger partial charge on any atom is 0.427 e. The third-order valence-electron chi connectivity index (χ3n) is 2.30. The van der Waals surface area contributed by atoms with Crippen molar-refractivity contribution in [2.75, 3.05) is 21.3 Å². The normalized spacial score (nSPS) is 10.8. The van der Waals surface area contributed by atoms with Crippen LogP contribution in [0.2, 0.25) is 0 Å². The van der Waals surface area contributed by atoms with Crippen molar-refractivity contribution in [3.8, 4) is 11.5 Å². The van der Waals surface area contributed by atoms with Crippen LogP contribution in [0.5, 0.6) is 11.5 Å². The number of hydrogen-bond donors (Lipinski definition) is 1. The van der Waals surface area contributed by atoms with Crippen LogP contribution in [-0.2, 0) is 4.74 Å². The van der Waals surface area contributed by atoms with Crippen molar-refractivity contribution in [2.24, 2.45) is 5.10 Å². The van der Waals surface area contributed by atoms with Crippen LogP contribution in [0.3, 0.4) is 0 Å². The molecule has 18 heavy (non-hydrogen) atoms. The predicted molar refractivity (Wildman–Crippen MR) is 67.3 cm³/mol. The lowest BCUT2D eigenvalue weighted by Gasteiger charge is -2.10. The molecule has 0 atom stereocenters. The van der Waals surface area contributed by atoms with Crippen LogP contribution in [0.25, 0.3) is 0 Å². The van der Waals surface area contributed by atoms with Gasteiger partial charge in [0.2, 0.25) is 0 Å². The fraction of sp³-hybridized carbons (Fsp3) is 0.333. The van der Waals surface area contributed by atoms with Gasteiger partial charge in [0.1, 0.15) is 11.5 Å². The molecule has 1 N–H and O–H groups in total. The van der Waals surface area contributed by atoms with Gasteiger partial charge in [0.05, 0.1) is 27.0 Å². The van der Waals surface area contributed by atoms with E-state index in [1.807, 2.05) is 0 Å². The molecular formula is C12H16N2O4. The number of hydrogen-bond acceptors (Lipinski definition) is 5. The lowest BCUT2D eigenvalue weighted by atomic mass is 10.1. The van der Waals surface area contributed by atoms with Crippen molar-refractivity contribution >= 4 is 11.8 Å². The minimum Gasteiger partial charge on any atom is -0.497 e. The van der Waals surface area contributed by atoms with E-state index in [1.165, 1.54) is 7.11 Å². The molecule has 0 heterocycles. The van der Waals surface area contributed by atoms with Crippen LogP contribution in [0.4, 0.5) is 4.79 Å². The number of nitrogens with zero attached hydrogens (tertiary/aromatic N) is 1. The summed E-state index contributed by atoms with van der Waals surface area (Å²) in [7, 11) is 4.40. The predicted octanol–water partition coefficient (Wildman–Crippen LogP) is 1.78. The van der Waals surface area contributed by atoms with E-state index in [4.69, 9.17) is 9.47 Å². The highest BCUT2D eigenvalue weighted by Crippen LogP contribution is 2.24. The SMILES string of the molecule is COC(=O)NN=C(C)c1ccc(OC)cc1OC. The zero-order valence-corrected chi connectivity index (χ0v) is 10.8. The highest BCUT2D eigenvalue weighted by molar-refractivity contribution is 6.01. The Bertz CT molecular complexity index is 457. The summed E-state index contributed by atoms with van der Waals surface area (Å²) in [5.74, 6) is 1.30. The first-order valence-electron chi connectivity index (χ1n) is 5.23. The number of hydrazone groups is 1. The monoisotopic (exact) mass is 252 g/mol. The first-order chi connectivity index (χ1) is 8.62. The Hall–Kier alpha value is -2.24. The molecule has 0 unspecified atom stereocenters. The Kier molecular flexibility index (Phi) is 4.98. The molecule has 1 aromatic rings. The van der Waals surface area contributed by atoms with Gasteiger partial charge in [-0.1, -0.05) is 0 Å². The van der Waals surface area contributed by atoms with Gasteiger partial charge < -0.3 is 14.2 Å². The smallest absolute Gasteiger partial charge is 0.427 e. The summed E-state index contributed by atoms with van der Waals surface area (Å²) in [6, 6.07) is 5.33. The van der Waals surface area contributed by atoms with Crippen molar-refractivity contribution in [1.82, 2.24) is 5.43 Å². The minimum atomic E-state index is -0.623. The number of amides is 1. The molecule has 0 aromatic heterocycles. The maximum absolute atomic E-state index is 10.9. The van der Waals surface area contributed by atoms with E-state index in [0.29, 0.717) is 17.2 Å². The van der Waals surface area contributed by atoms with E-state index in [0.717, 1.165) is 5.56 Å². The van der Waals surface area contributed by atoms with Crippen molar-refractivity contribution < 1.29 is 19.0 Å². The van der Waals surface area contributed by atoms with Crippen LogP contribution in [0.1, 0.15) is 12.5 Å². The topological polar surface area (TPSA) is 69.2 Å². The van der Waals surface area contributed by atoms with Crippen LogP contribution < -0.4 is 14.9 Å². The summed E-state index contributed by atoms with van der Waals surface area (Å²) in [4.78, 5) is 10.9. The van der Waals surface area contributed by atoms with E-state index in [1.54, 1.807) is 39.3 Å². The number of rotatable bonds is 4. The Balaban J connectivity index is 2.97. The van der Waals surface area contributed by atoms with Crippen LogP contribution in [-0.4, -0.2) is 33.1 Å². The molecule has 0 aliphatic carbocycles. The van der Waals surface area contributed by atoms with Gasteiger partial charge in [-0.25, -0.2) is 10.2 Å². The first-order valence-corrected chi connectivity index (χ1v) is 5.23. The summed E-state index contributed by atoms with van der Waals surface area (Å²) in [6.45, 7) is 1.75. The molecule has 0 radical (unpaired) electrons. The molecule has 0 aliphatic rings. The maximum atomic E-state index is 10.9. The zero-order chi connectivity index (χ0) is 13.5. The standard InChI is InChI=1S/C12H16N2O4/c1-8(13-14-12(15)18-4)10-6-5-9(16-2)7-11(10)17-3/h5-7H,1-4H3,(H,14,15). The molecule has 0 aliphatic heterocycles. The van der Waals surface area contributed by atoms with E-state index in [2.05, 4.69) is 15.3 Å². The van der Waals surface area contributed by atoms with E-state index < -0.39 is 6.09 Å². The van der Waals surface area contributed by atoms with Crippen molar-refractivity contribution in [3.05, 3.63) is 23.8 Å². The molecule has 0 saturated heterocycles. The second-order valence-electron chi connectivity index (χ2n) is 3.37.